The van der Waals surface area contributed by atoms with Gasteiger partial charge in [-0.1, -0.05) is 38.8 Å². The average Bonchev–Trinajstić information content (AvgIpc) is 2.71. The molecule has 4 rings (SSSR count). The van der Waals surface area contributed by atoms with Crippen LogP contribution in [-0.2, 0) is 0 Å². The SMILES string of the molecule is C=CCOc1cc(F)c2cc([C@@H]3CC[C@@H]4CC(CCC)CCC4C3)c(F)cc2c1. The van der Waals surface area contributed by atoms with E-state index in [0.29, 0.717) is 34.6 Å². The first kappa shape index (κ1) is 20.4. The van der Waals surface area contributed by atoms with Gasteiger partial charge in [-0.15, -0.1) is 0 Å². The molecule has 2 aliphatic carbocycles. The van der Waals surface area contributed by atoms with Crippen LogP contribution in [-0.4, -0.2) is 6.61 Å². The highest BCUT2D eigenvalue weighted by molar-refractivity contribution is 5.85. The molecule has 0 N–H and O–H groups in total. The minimum atomic E-state index is -0.350. The molecular formula is C26H32F2O. The van der Waals surface area contributed by atoms with Crippen LogP contribution in [0, 0.1) is 29.4 Å². The summed E-state index contributed by atoms with van der Waals surface area (Å²) >= 11 is 0. The third kappa shape index (κ3) is 4.34. The van der Waals surface area contributed by atoms with Crippen molar-refractivity contribution in [1.82, 2.24) is 0 Å². The van der Waals surface area contributed by atoms with E-state index >= 15 is 4.39 Å². The number of fused-ring (bicyclic) bond motifs is 2. The van der Waals surface area contributed by atoms with Gasteiger partial charge in [-0.25, -0.2) is 8.78 Å². The molecule has 3 heteroatoms. The zero-order valence-electron chi connectivity index (χ0n) is 17.4. The number of hydrogen-bond donors (Lipinski definition) is 0. The highest BCUT2D eigenvalue weighted by atomic mass is 19.1. The Labute approximate surface area is 173 Å². The number of halogens is 2. The topological polar surface area (TPSA) is 9.23 Å². The molecule has 0 saturated heterocycles. The molecule has 2 aliphatic rings. The molecule has 2 aromatic rings. The summed E-state index contributed by atoms with van der Waals surface area (Å²) in [7, 11) is 0. The second kappa shape index (κ2) is 8.85. The summed E-state index contributed by atoms with van der Waals surface area (Å²) in [6, 6.07) is 6.34. The van der Waals surface area contributed by atoms with E-state index in [1.807, 2.05) is 0 Å². The number of rotatable bonds is 6. The first-order chi connectivity index (χ1) is 14.1. The summed E-state index contributed by atoms with van der Waals surface area (Å²) < 4.78 is 35.2. The van der Waals surface area contributed by atoms with E-state index in [2.05, 4.69) is 13.5 Å². The lowest BCUT2D eigenvalue weighted by molar-refractivity contribution is 0.113. The van der Waals surface area contributed by atoms with Crippen LogP contribution in [0.2, 0.25) is 0 Å². The van der Waals surface area contributed by atoms with Gasteiger partial charge in [0.25, 0.3) is 0 Å². The Bertz CT molecular complexity index is 875. The van der Waals surface area contributed by atoms with Crippen molar-refractivity contribution < 1.29 is 13.5 Å². The molecule has 0 spiro atoms. The summed E-state index contributed by atoms with van der Waals surface area (Å²) in [5, 5.41) is 1.04. The Morgan fingerprint density at radius 1 is 1.00 bits per heavy atom. The van der Waals surface area contributed by atoms with Crippen LogP contribution in [0.3, 0.4) is 0 Å². The van der Waals surface area contributed by atoms with Gasteiger partial charge in [0.15, 0.2) is 0 Å². The maximum absolute atomic E-state index is 15.0. The minimum Gasteiger partial charge on any atom is -0.489 e. The normalized spacial score (nSPS) is 26.9. The fourth-order valence-corrected chi connectivity index (χ4v) is 5.82. The fourth-order valence-electron chi connectivity index (χ4n) is 5.82. The molecule has 0 aromatic heterocycles. The predicted molar refractivity (Wildman–Crippen MR) is 115 cm³/mol. The lowest BCUT2D eigenvalue weighted by Crippen LogP contribution is -2.30. The smallest absolute Gasteiger partial charge is 0.134 e. The lowest BCUT2D eigenvalue weighted by Gasteiger charge is -2.42. The van der Waals surface area contributed by atoms with Gasteiger partial charge in [0.05, 0.1) is 0 Å². The van der Waals surface area contributed by atoms with E-state index in [4.69, 9.17) is 4.74 Å². The van der Waals surface area contributed by atoms with Crippen molar-refractivity contribution in [3.8, 4) is 5.75 Å². The first-order valence-electron chi connectivity index (χ1n) is 11.3. The van der Waals surface area contributed by atoms with Crippen LogP contribution in [0.4, 0.5) is 8.78 Å². The van der Waals surface area contributed by atoms with Gasteiger partial charge in [0.1, 0.15) is 24.0 Å². The van der Waals surface area contributed by atoms with Gasteiger partial charge in [-0.05, 0) is 84.9 Å². The van der Waals surface area contributed by atoms with E-state index in [0.717, 1.165) is 24.7 Å². The lowest BCUT2D eigenvalue weighted by atomic mass is 9.63. The quantitative estimate of drug-likeness (QED) is 0.451. The van der Waals surface area contributed by atoms with E-state index in [9.17, 15) is 4.39 Å². The average molecular weight is 399 g/mol. The minimum absolute atomic E-state index is 0.208. The van der Waals surface area contributed by atoms with Crippen molar-refractivity contribution in [2.24, 2.45) is 17.8 Å². The molecule has 4 atom stereocenters. The molecule has 0 heterocycles. The van der Waals surface area contributed by atoms with Crippen molar-refractivity contribution in [2.75, 3.05) is 6.61 Å². The number of ether oxygens (including phenoxy) is 1. The van der Waals surface area contributed by atoms with Crippen LogP contribution >= 0.6 is 0 Å². The molecule has 0 radical (unpaired) electrons. The Balaban J connectivity index is 1.54. The summed E-state index contributed by atoms with van der Waals surface area (Å²) in [4.78, 5) is 0. The third-order valence-corrected chi connectivity index (χ3v) is 7.22. The molecule has 156 valence electrons. The van der Waals surface area contributed by atoms with Crippen molar-refractivity contribution in [3.05, 3.63) is 54.1 Å². The van der Waals surface area contributed by atoms with Gasteiger partial charge < -0.3 is 4.74 Å². The number of hydrogen-bond acceptors (Lipinski definition) is 1. The van der Waals surface area contributed by atoms with Crippen molar-refractivity contribution in [2.45, 2.75) is 64.2 Å². The molecule has 1 nitrogen and oxygen atoms in total. The van der Waals surface area contributed by atoms with Crippen molar-refractivity contribution in [1.29, 1.82) is 0 Å². The maximum atomic E-state index is 15.0. The van der Waals surface area contributed by atoms with Crippen molar-refractivity contribution >= 4 is 10.8 Å². The Hall–Kier alpha value is -1.90. The predicted octanol–water partition coefficient (Wildman–Crippen LogP) is 7.78. The molecule has 2 unspecified atom stereocenters. The van der Waals surface area contributed by atoms with Gasteiger partial charge in [0.2, 0.25) is 0 Å². The third-order valence-electron chi connectivity index (χ3n) is 7.22. The molecule has 2 saturated carbocycles. The molecule has 29 heavy (non-hydrogen) atoms. The van der Waals surface area contributed by atoms with E-state index in [1.165, 1.54) is 50.7 Å². The van der Waals surface area contributed by atoms with Crippen LogP contribution in [0.1, 0.15) is 69.8 Å². The molecule has 2 aromatic carbocycles. The Kier molecular flexibility index (Phi) is 6.22. The first-order valence-corrected chi connectivity index (χ1v) is 11.3. The maximum Gasteiger partial charge on any atom is 0.134 e. The largest absolute Gasteiger partial charge is 0.489 e. The van der Waals surface area contributed by atoms with Crippen molar-refractivity contribution in [3.63, 3.8) is 0 Å². The van der Waals surface area contributed by atoms with E-state index in [1.54, 1.807) is 18.2 Å². The zero-order chi connectivity index (χ0) is 20.4. The highest BCUT2D eigenvalue weighted by Crippen LogP contribution is 2.49. The molecule has 0 bridgehead atoms. The Morgan fingerprint density at radius 3 is 2.59 bits per heavy atom. The monoisotopic (exact) mass is 398 g/mol. The fraction of sp³-hybridized carbons (Fsp3) is 0.538. The van der Waals surface area contributed by atoms with Crippen LogP contribution < -0.4 is 4.74 Å². The molecule has 2 fully saturated rings. The molecular weight excluding hydrogens is 366 g/mol. The zero-order valence-corrected chi connectivity index (χ0v) is 17.4. The standard InChI is InChI=1S/C26H32F2O/c1-3-5-17-6-7-19-12-20(9-8-18(19)11-17)23-16-24-21(14-25(23)27)13-22(15-26(24)28)29-10-4-2/h4,13-20H,2-3,5-12H2,1H3/t17?,18-,19?,20-/m1/s1. The van der Waals surface area contributed by atoms with Crippen LogP contribution in [0.15, 0.2) is 36.9 Å². The van der Waals surface area contributed by atoms with Gasteiger partial charge in [0, 0.05) is 11.5 Å². The molecule has 0 aliphatic heterocycles. The van der Waals surface area contributed by atoms with Crippen LogP contribution in [0.25, 0.3) is 10.8 Å². The van der Waals surface area contributed by atoms with E-state index in [-0.39, 0.29) is 17.6 Å². The van der Waals surface area contributed by atoms with Gasteiger partial charge >= 0.3 is 0 Å². The summed E-state index contributed by atoms with van der Waals surface area (Å²) in [6.45, 7) is 6.18. The van der Waals surface area contributed by atoms with E-state index < -0.39 is 0 Å². The van der Waals surface area contributed by atoms with Gasteiger partial charge in [-0.3, -0.25) is 0 Å². The Morgan fingerprint density at radius 2 is 1.79 bits per heavy atom. The highest BCUT2D eigenvalue weighted by Gasteiger charge is 2.36. The second-order valence-electron chi connectivity index (χ2n) is 9.10. The number of benzene rings is 2. The second-order valence-corrected chi connectivity index (χ2v) is 9.10. The summed E-state index contributed by atoms with van der Waals surface area (Å²) in [5.41, 5.74) is 0.699. The molecule has 0 amide bonds. The summed E-state index contributed by atoms with van der Waals surface area (Å²) in [5.74, 6) is 2.46. The van der Waals surface area contributed by atoms with Gasteiger partial charge in [-0.2, -0.15) is 0 Å². The summed E-state index contributed by atoms with van der Waals surface area (Å²) in [6.07, 6.45) is 11.4. The van der Waals surface area contributed by atoms with Crippen LogP contribution in [0.5, 0.6) is 5.75 Å².